The van der Waals surface area contributed by atoms with Crippen LogP contribution in [0.15, 0.2) is 42.6 Å². The summed E-state index contributed by atoms with van der Waals surface area (Å²) in [4.78, 5) is 16.2. The van der Waals surface area contributed by atoms with Crippen LogP contribution in [-0.2, 0) is 11.2 Å². The van der Waals surface area contributed by atoms with E-state index in [9.17, 15) is 4.79 Å². The van der Waals surface area contributed by atoms with E-state index in [2.05, 4.69) is 15.6 Å². The molecule has 2 rings (SSSR count). The molecular weight excluding hydrogens is 294 g/mol. The highest BCUT2D eigenvalue weighted by Crippen LogP contribution is 2.13. The Hall–Kier alpha value is -2.60. The van der Waals surface area contributed by atoms with E-state index in [1.807, 2.05) is 24.3 Å². The van der Waals surface area contributed by atoms with Crippen LogP contribution in [0.2, 0.25) is 0 Å². The maximum atomic E-state index is 12.0. The zero-order valence-corrected chi connectivity index (χ0v) is 13.1. The van der Waals surface area contributed by atoms with Gasteiger partial charge in [0.05, 0.1) is 25.4 Å². The van der Waals surface area contributed by atoms with E-state index in [-0.39, 0.29) is 12.5 Å². The number of methoxy groups -OCH3 is 1. The molecule has 0 aliphatic carbocycles. The minimum absolute atomic E-state index is 0.0991. The molecule has 1 amide bonds. The average molecular weight is 315 g/mol. The van der Waals surface area contributed by atoms with Gasteiger partial charge >= 0.3 is 0 Å². The average Bonchev–Trinajstić information content (AvgIpc) is 2.57. The SMILES string of the molecule is COc1ccc(CC(=O)Nc2ccc(NCCCO)nc2)cc1. The molecule has 2 aromatic rings. The van der Waals surface area contributed by atoms with E-state index in [1.165, 1.54) is 0 Å². The fourth-order valence-electron chi connectivity index (χ4n) is 2.00. The van der Waals surface area contributed by atoms with Crippen molar-refractivity contribution in [3.05, 3.63) is 48.2 Å². The molecule has 1 aromatic carbocycles. The predicted octanol–water partition coefficient (Wildman–Crippen LogP) is 2.07. The summed E-state index contributed by atoms with van der Waals surface area (Å²) in [6, 6.07) is 11.0. The Labute approximate surface area is 135 Å². The van der Waals surface area contributed by atoms with Crippen molar-refractivity contribution in [3.63, 3.8) is 0 Å². The molecule has 0 bridgehead atoms. The van der Waals surface area contributed by atoms with E-state index in [4.69, 9.17) is 9.84 Å². The molecule has 23 heavy (non-hydrogen) atoms. The molecule has 122 valence electrons. The third-order valence-electron chi connectivity index (χ3n) is 3.21. The number of hydrogen-bond donors (Lipinski definition) is 3. The quantitative estimate of drug-likeness (QED) is 0.650. The second-order valence-electron chi connectivity index (χ2n) is 5.01. The van der Waals surface area contributed by atoms with Crippen molar-refractivity contribution in [1.82, 2.24) is 4.98 Å². The summed E-state index contributed by atoms with van der Waals surface area (Å²) in [7, 11) is 1.61. The number of aliphatic hydroxyl groups excluding tert-OH is 1. The van der Waals surface area contributed by atoms with Crippen LogP contribution >= 0.6 is 0 Å². The van der Waals surface area contributed by atoms with E-state index >= 15 is 0 Å². The zero-order valence-electron chi connectivity index (χ0n) is 13.1. The third-order valence-corrected chi connectivity index (χ3v) is 3.21. The highest BCUT2D eigenvalue weighted by Gasteiger charge is 2.05. The normalized spacial score (nSPS) is 10.2. The van der Waals surface area contributed by atoms with Gasteiger partial charge in [-0.1, -0.05) is 12.1 Å². The van der Waals surface area contributed by atoms with Gasteiger partial charge < -0.3 is 20.5 Å². The van der Waals surface area contributed by atoms with E-state index in [0.717, 1.165) is 11.3 Å². The third kappa shape index (κ3) is 5.60. The minimum Gasteiger partial charge on any atom is -0.497 e. The maximum absolute atomic E-state index is 12.0. The van der Waals surface area contributed by atoms with Crippen LogP contribution in [0, 0.1) is 0 Å². The molecule has 0 aliphatic rings. The monoisotopic (exact) mass is 315 g/mol. The van der Waals surface area contributed by atoms with Crippen molar-refractivity contribution >= 4 is 17.4 Å². The number of nitrogens with zero attached hydrogens (tertiary/aromatic N) is 1. The Morgan fingerprint density at radius 3 is 2.61 bits per heavy atom. The molecule has 0 atom stereocenters. The van der Waals surface area contributed by atoms with Gasteiger partial charge in [-0.15, -0.1) is 0 Å². The molecule has 0 unspecified atom stereocenters. The van der Waals surface area contributed by atoms with Gasteiger partial charge in [0.2, 0.25) is 5.91 Å². The topological polar surface area (TPSA) is 83.5 Å². The lowest BCUT2D eigenvalue weighted by Crippen LogP contribution is -2.14. The molecule has 0 saturated heterocycles. The number of amides is 1. The number of aromatic nitrogens is 1. The Kier molecular flexibility index (Phi) is 6.38. The van der Waals surface area contributed by atoms with Crippen LogP contribution < -0.4 is 15.4 Å². The largest absolute Gasteiger partial charge is 0.497 e. The maximum Gasteiger partial charge on any atom is 0.228 e. The van der Waals surface area contributed by atoms with E-state index in [0.29, 0.717) is 30.9 Å². The Morgan fingerprint density at radius 2 is 2.00 bits per heavy atom. The fourth-order valence-corrected chi connectivity index (χ4v) is 2.00. The van der Waals surface area contributed by atoms with Crippen LogP contribution in [0.5, 0.6) is 5.75 Å². The van der Waals surface area contributed by atoms with Gasteiger partial charge in [-0.2, -0.15) is 0 Å². The molecular formula is C17H21N3O3. The van der Waals surface area contributed by atoms with Gasteiger partial charge in [0.25, 0.3) is 0 Å². The highest BCUT2D eigenvalue weighted by atomic mass is 16.5. The summed E-state index contributed by atoms with van der Waals surface area (Å²) in [5.74, 6) is 1.38. The molecule has 1 aromatic heterocycles. The molecule has 0 spiro atoms. The summed E-state index contributed by atoms with van der Waals surface area (Å²) in [5, 5.41) is 14.6. The number of aliphatic hydroxyl groups is 1. The lowest BCUT2D eigenvalue weighted by Gasteiger charge is -2.08. The van der Waals surface area contributed by atoms with Crippen LogP contribution in [0.1, 0.15) is 12.0 Å². The first-order valence-corrected chi connectivity index (χ1v) is 7.45. The number of hydrogen-bond acceptors (Lipinski definition) is 5. The molecule has 0 aliphatic heterocycles. The van der Waals surface area contributed by atoms with Crippen LogP contribution in [0.25, 0.3) is 0 Å². The summed E-state index contributed by atoms with van der Waals surface area (Å²) in [6.45, 7) is 0.805. The molecule has 3 N–H and O–H groups in total. The van der Waals surface area contributed by atoms with Crippen molar-refractivity contribution in [1.29, 1.82) is 0 Å². The predicted molar refractivity (Wildman–Crippen MR) is 89.8 cm³/mol. The highest BCUT2D eigenvalue weighted by molar-refractivity contribution is 5.92. The van der Waals surface area contributed by atoms with Crippen LogP contribution in [0.3, 0.4) is 0 Å². The number of pyridine rings is 1. The van der Waals surface area contributed by atoms with E-state index < -0.39 is 0 Å². The standard InChI is InChI=1S/C17H21N3O3/c1-23-15-6-3-13(4-7-15)11-17(22)20-14-5-8-16(19-12-14)18-9-2-10-21/h3-8,12,21H,2,9-11H2,1H3,(H,18,19)(H,20,22). The van der Waals surface area contributed by atoms with Crippen LogP contribution in [0.4, 0.5) is 11.5 Å². The zero-order chi connectivity index (χ0) is 16.5. The van der Waals surface area contributed by atoms with Gasteiger partial charge in [-0.05, 0) is 36.2 Å². The Balaban J connectivity index is 1.84. The van der Waals surface area contributed by atoms with Crippen LogP contribution in [-0.4, -0.2) is 36.3 Å². The van der Waals surface area contributed by atoms with Gasteiger partial charge in [-0.3, -0.25) is 4.79 Å². The second-order valence-corrected chi connectivity index (χ2v) is 5.01. The van der Waals surface area contributed by atoms with Crippen molar-refractivity contribution in [3.8, 4) is 5.75 Å². The molecule has 0 saturated carbocycles. The number of nitrogens with one attached hydrogen (secondary N) is 2. The van der Waals surface area contributed by atoms with Crippen molar-refractivity contribution < 1.29 is 14.6 Å². The number of carbonyl (C=O) groups is 1. The lowest BCUT2D eigenvalue weighted by atomic mass is 10.1. The molecule has 1 heterocycles. The Bertz CT molecular complexity index is 612. The van der Waals surface area contributed by atoms with Crippen molar-refractivity contribution in [2.45, 2.75) is 12.8 Å². The summed E-state index contributed by atoms with van der Waals surface area (Å²) in [6.07, 6.45) is 2.57. The van der Waals surface area contributed by atoms with Crippen molar-refractivity contribution in [2.24, 2.45) is 0 Å². The number of ether oxygens (including phenoxy) is 1. The Morgan fingerprint density at radius 1 is 1.22 bits per heavy atom. The first-order chi connectivity index (χ1) is 11.2. The second kappa shape index (κ2) is 8.75. The van der Waals surface area contributed by atoms with E-state index in [1.54, 1.807) is 25.4 Å². The molecule has 0 fully saturated rings. The van der Waals surface area contributed by atoms with Crippen molar-refractivity contribution in [2.75, 3.05) is 30.9 Å². The number of carbonyl (C=O) groups excluding carboxylic acids is 1. The minimum atomic E-state index is -0.0991. The van der Waals surface area contributed by atoms with Gasteiger partial charge in [0, 0.05) is 13.2 Å². The van der Waals surface area contributed by atoms with Gasteiger partial charge in [0.1, 0.15) is 11.6 Å². The summed E-state index contributed by atoms with van der Waals surface area (Å²) < 4.78 is 5.09. The molecule has 6 heteroatoms. The number of anilines is 2. The summed E-state index contributed by atoms with van der Waals surface area (Å²) in [5.41, 5.74) is 1.56. The molecule has 0 radical (unpaired) electrons. The number of rotatable bonds is 8. The number of benzene rings is 1. The first kappa shape index (κ1) is 16.8. The summed E-state index contributed by atoms with van der Waals surface area (Å²) >= 11 is 0. The molecule has 6 nitrogen and oxygen atoms in total. The van der Waals surface area contributed by atoms with Gasteiger partial charge in [0.15, 0.2) is 0 Å². The smallest absolute Gasteiger partial charge is 0.228 e. The first-order valence-electron chi connectivity index (χ1n) is 7.45. The van der Waals surface area contributed by atoms with Gasteiger partial charge in [-0.25, -0.2) is 4.98 Å². The fraction of sp³-hybridized carbons (Fsp3) is 0.294. The lowest BCUT2D eigenvalue weighted by molar-refractivity contribution is -0.115.